The second kappa shape index (κ2) is 11.2. The molecule has 0 saturated heterocycles. The van der Waals surface area contributed by atoms with Gasteiger partial charge in [0, 0.05) is 34.4 Å². The summed E-state index contributed by atoms with van der Waals surface area (Å²) in [5, 5.41) is 21.6. The summed E-state index contributed by atoms with van der Waals surface area (Å²) < 4.78 is 43.7. The molecule has 2 aromatic heterocycles. The first kappa shape index (κ1) is 27.8. The van der Waals surface area contributed by atoms with Crippen LogP contribution in [-0.2, 0) is 23.8 Å². The van der Waals surface area contributed by atoms with Crippen LogP contribution in [0.2, 0.25) is 0 Å². The lowest BCUT2D eigenvalue weighted by atomic mass is 9.94. The average molecular weight is 603 g/mol. The molecular weight excluding hydrogens is 578 g/mol. The number of thiazole rings is 1. The molecule has 0 fully saturated rings. The lowest BCUT2D eigenvalue weighted by molar-refractivity contribution is 0.0691. The van der Waals surface area contributed by atoms with Crippen molar-refractivity contribution < 1.29 is 22.9 Å². The molecule has 11 heteroatoms. The number of allylic oxidation sites excluding steroid dienone is 2. The molecule has 42 heavy (non-hydrogen) atoms. The van der Waals surface area contributed by atoms with Crippen molar-refractivity contribution in [2.75, 3.05) is 0 Å². The zero-order chi connectivity index (χ0) is 29.5. The maximum absolute atomic E-state index is 15.3. The number of nitrogens with two attached hydrogens (primary N) is 1. The zero-order valence-electron chi connectivity index (χ0n) is 22.3. The number of aromatic nitrogens is 3. The molecule has 0 amide bonds. The highest BCUT2D eigenvalue weighted by Gasteiger charge is 2.27. The van der Waals surface area contributed by atoms with E-state index in [4.69, 9.17) is 10.2 Å². The number of carbonyl (C=O) groups is 1. The molecule has 6 rings (SSSR count). The first-order valence-corrected chi connectivity index (χ1v) is 15.1. The van der Waals surface area contributed by atoms with Crippen molar-refractivity contribution in [3.8, 4) is 27.5 Å². The topological polar surface area (TPSA) is 111 Å². The van der Waals surface area contributed by atoms with E-state index >= 15 is 8.78 Å². The lowest BCUT2D eigenvalue weighted by Crippen LogP contribution is -2.07. The maximum atomic E-state index is 15.3. The quantitative estimate of drug-likeness (QED) is 0.194. The van der Waals surface area contributed by atoms with Gasteiger partial charge in [0.1, 0.15) is 22.6 Å². The third-order valence-corrected chi connectivity index (χ3v) is 8.64. The highest BCUT2D eigenvalue weighted by Crippen LogP contribution is 2.37. The number of carboxylic acids is 1. The van der Waals surface area contributed by atoms with Gasteiger partial charge < -0.3 is 5.11 Å². The van der Waals surface area contributed by atoms with Crippen LogP contribution in [0, 0.1) is 24.5 Å². The van der Waals surface area contributed by atoms with E-state index in [1.165, 1.54) is 17.5 Å². The van der Waals surface area contributed by atoms with Gasteiger partial charge in [0.25, 0.3) is 0 Å². The second-order valence-electron chi connectivity index (χ2n) is 10.0. The Morgan fingerprint density at radius 1 is 1.05 bits per heavy atom. The summed E-state index contributed by atoms with van der Waals surface area (Å²) in [5.74, 6) is -1.96. The Kier molecular flexibility index (Phi) is 7.40. The number of aryl methyl sites for hydroxylation is 1. The first-order valence-electron chi connectivity index (χ1n) is 13.0. The van der Waals surface area contributed by atoms with Crippen molar-refractivity contribution in [3.63, 3.8) is 0 Å². The molecule has 0 aliphatic heterocycles. The van der Waals surface area contributed by atoms with E-state index < -0.39 is 28.6 Å². The molecule has 212 valence electrons. The van der Waals surface area contributed by atoms with Crippen molar-refractivity contribution in [3.05, 3.63) is 118 Å². The largest absolute Gasteiger partial charge is 0.476 e. The molecule has 7 nitrogen and oxygen atoms in total. The summed E-state index contributed by atoms with van der Waals surface area (Å²) in [4.78, 5) is 16.0. The Bertz CT molecular complexity index is 1890. The number of benzene rings is 3. The van der Waals surface area contributed by atoms with Crippen molar-refractivity contribution in [2.24, 2.45) is 11.1 Å². The SMILES string of the molecule is Cc1ccc(-c2cc(-c3nn(-c4nc(C(=O)O)cs4)c(CC4C=C4)c3Cc3ccc(S(N)=O)cc3F)ccc2F)cc1. The molecule has 0 bridgehead atoms. The fourth-order valence-electron chi connectivity index (χ4n) is 4.78. The minimum absolute atomic E-state index is 0.107. The number of nitrogens with zero attached hydrogens (tertiary/aromatic N) is 3. The van der Waals surface area contributed by atoms with Gasteiger partial charge >= 0.3 is 5.97 Å². The smallest absolute Gasteiger partial charge is 0.355 e. The van der Waals surface area contributed by atoms with E-state index in [0.29, 0.717) is 45.1 Å². The zero-order valence-corrected chi connectivity index (χ0v) is 23.9. The summed E-state index contributed by atoms with van der Waals surface area (Å²) in [6.07, 6.45) is 4.72. The van der Waals surface area contributed by atoms with Crippen LogP contribution in [0.3, 0.4) is 0 Å². The van der Waals surface area contributed by atoms with Crippen molar-refractivity contribution in [1.29, 1.82) is 0 Å². The number of carboxylic acid groups (broad SMARTS) is 1. The van der Waals surface area contributed by atoms with Crippen LogP contribution in [0.1, 0.15) is 32.9 Å². The predicted octanol–water partition coefficient (Wildman–Crippen LogP) is 6.25. The molecule has 1 atom stereocenters. The van der Waals surface area contributed by atoms with Gasteiger partial charge in [0.15, 0.2) is 5.69 Å². The molecule has 3 N–H and O–H groups in total. The molecular formula is C31H24F2N4O3S2. The Hall–Kier alpha value is -4.32. The van der Waals surface area contributed by atoms with Crippen LogP contribution < -0.4 is 5.14 Å². The summed E-state index contributed by atoms with van der Waals surface area (Å²) in [6, 6.07) is 16.5. The van der Waals surface area contributed by atoms with Gasteiger partial charge in [0.05, 0.1) is 16.3 Å². The highest BCUT2D eigenvalue weighted by molar-refractivity contribution is 7.82. The molecule has 0 radical (unpaired) electrons. The first-order chi connectivity index (χ1) is 20.2. The maximum Gasteiger partial charge on any atom is 0.355 e. The van der Waals surface area contributed by atoms with Gasteiger partial charge in [0.2, 0.25) is 5.13 Å². The van der Waals surface area contributed by atoms with E-state index in [1.54, 1.807) is 22.9 Å². The van der Waals surface area contributed by atoms with Crippen LogP contribution in [0.25, 0.3) is 27.5 Å². The van der Waals surface area contributed by atoms with E-state index in [-0.39, 0.29) is 22.9 Å². The van der Waals surface area contributed by atoms with Crippen LogP contribution in [0.4, 0.5) is 8.78 Å². The standard InChI is InChI=1S/C31H24F2N4O3S2/c1-17-2-6-19(7-3-17)23-14-21(9-11-25(23)32)29-24(13-20-8-10-22(42(34)40)15-26(20)33)28(12-18-4-5-18)37(36-29)31-35-27(16-41-31)30(38)39/h2-11,14-16,18H,12-13,34H2,1H3,(H,38,39). The van der Waals surface area contributed by atoms with Crippen molar-refractivity contribution >= 4 is 28.3 Å². The van der Waals surface area contributed by atoms with Crippen LogP contribution in [0.15, 0.2) is 83.1 Å². The van der Waals surface area contributed by atoms with Crippen LogP contribution >= 0.6 is 11.3 Å². The van der Waals surface area contributed by atoms with E-state index in [9.17, 15) is 14.1 Å². The second-order valence-corrected chi connectivity index (χ2v) is 11.9. The molecule has 0 saturated carbocycles. The van der Waals surface area contributed by atoms with Gasteiger partial charge in [-0.05, 0) is 54.8 Å². The van der Waals surface area contributed by atoms with E-state index in [1.807, 2.05) is 43.3 Å². The number of halogens is 2. The van der Waals surface area contributed by atoms with Crippen LogP contribution in [0.5, 0.6) is 0 Å². The van der Waals surface area contributed by atoms with Crippen molar-refractivity contribution in [1.82, 2.24) is 14.8 Å². The normalized spacial score (nSPS) is 13.4. The Balaban J connectivity index is 1.54. The third kappa shape index (κ3) is 5.58. The molecule has 1 unspecified atom stereocenters. The Morgan fingerprint density at radius 2 is 1.79 bits per heavy atom. The minimum Gasteiger partial charge on any atom is -0.476 e. The number of hydrogen-bond acceptors (Lipinski definition) is 5. The number of rotatable bonds is 9. The number of aromatic carboxylic acids is 1. The molecule has 1 aliphatic rings. The molecule has 3 aromatic carbocycles. The van der Waals surface area contributed by atoms with Crippen LogP contribution in [-0.4, -0.2) is 30.0 Å². The lowest BCUT2D eigenvalue weighted by Gasteiger charge is -2.11. The summed E-state index contributed by atoms with van der Waals surface area (Å²) in [7, 11) is -1.83. The molecule has 5 aromatic rings. The van der Waals surface area contributed by atoms with Gasteiger partial charge in [-0.3, -0.25) is 0 Å². The summed E-state index contributed by atoms with van der Waals surface area (Å²) >= 11 is 1.13. The Morgan fingerprint density at radius 3 is 2.43 bits per heavy atom. The van der Waals surface area contributed by atoms with Gasteiger partial charge in [-0.15, -0.1) is 11.3 Å². The molecule has 0 spiro atoms. The average Bonchev–Trinajstić information content (AvgIpc) is 3.52. The monoisotopic (exact) mass is 602 g/mol. The van der Waals surface area contributed by atoms with E-state index in [2.05, 4.69) is 4.98 Å². The molecule has 1 aliphatic carbocycles. The highest BCUT2D eigenvalue weighted by atomic mass is 32.2. The van der Waals surface area contributed by atoms with E-state index in [0.717, 1.165) is 28.7 Å². The Labute approximate surface area is 246 Å². The fraction of sp³-hybridized carbons (Fsp3) is 0.129. The fourth-order valence-corrected chi connectivity index (χ4v) is 5.98. The van der Waals surface area contributed by atoms with Gasteiger partial charge in [-0.1, -0.05) is 48.0 Å². The predicted molar refractivity (Wildman–Crippen MR) is 158 cm³/mol. The third-order valence-electron chi connectivity index (χ3n) is 7.10. The minimum atomic E-state index is -1.83. The number of hydrogen-bond donors (Lipinski definition) is 2. The summed E-state index contributed by atoms with van der Waals surface area (Å²) in [5.41, 5.74) is 4.90. The van der Waals surface area contributed by atoms with Crippen molar-refractivity contribution in [2.45, 2.75) is 24.7 Å². The summed E-state index contributed by atoms with van der Waals surface area (Å²) in [6.45, 7) is 1.96. The molecule has 2 heterocycles. The van der Waals surface area contributed by atoms with Gasteiger partial charge in [-0.25, -0.2) is 32.6 Å². The van der Waals surface area contributed by atoms with Gasteiger partial charge in [-0.2, -0.15) is 5.10 Å².